The van der Waals surface area contributed by atoms with Crippen molar-refractivity contribution in [3.8, 4) is 0 Å². The van der Waals surface area contributed by atoms with E-state index in [2.05, 4.69) is 15.4 Å². The van der Waals surface area contributed by atoms with E-state index in [0.717, 1.165) is 12.8 Å². The van der Waals surface area contributed by atoms with Crippen LogP contribution in [0.3, 0.4) is 0 Å². The second-order valence-corrected chi connectivity index (χ2v) is 3.90. The normalized spacial score (nSPS) is 15.8. The maximum Gasteiger partial charge on any atom is 0.326 e. The van der Waals surface area contributed by atoms with Gasteiger partial charge in [0.05, 0.1) is 7.11 Å². The number of hydrogen-bond donors (Lipinski definition) is 3. The van der Waals surface area contributed by atoms with Gasteiger partial charge in [0.25, 0.3) is 0 Å². The number of amides is 2. The van der Waals surface area contributed by atoms with Crippen molar-refractivity contribution in [1.29, 1.82) is 0 Å². The molecule has 1 rings (SSSR count). The summed E-state index contributed by atoms with van der Waals surface area (Å²) in [5, 5.41) is 13.8. The van der Waals surface area contributed by atoms with Crippen molar-refractivity contribution < 1.29 is 24.2 Å². The SMILES string of the molecule is COC(=O)CC[C@H](NC(=O)NC1CC1)C(=O)O. The van der Waals surface area contributed by atoms with Crippen LogP contribution >= 0.6 is 0 Å². The molecule has 17 heavy (non-hydrogen) atoms. The molecule has 1 fully saturated rings. The number of methoxy groups -OCH3 is 1. The molecule has 3 N–H and O–H groups in total. The molecule has 0 bridgehead atoms. The standard InChI is InChI=1S/C10H16N2O5/c1-17-8(13)5-4-7(9(14)15)12-10(16)11-6-2-3-6/h6-7H,2-5H2,1H3,(H,14,15)(H2,11,12,16)/t7-/m0/s1. The Labute approximate surface area is 98.5 Å². The Kier molecular flexibility index (Phi) is 4.74. The zero-order valence-electron chi connectivity index (χ0n) is 9.56. The lowest BCUT2D eigenvalue weighted by Crippen LogP contribution is -2.46. The molecule has 0 aromatic heterocycles. The zero-order valence-corrected chi connectivity index (χ0v) is 9.56. The van der Waals surface area contributed by atoms with Crippen LogP contribution in [0, 0.1) is 0 Å². The van der Waals surface area contributed by atoms with E-state index in [1.807, 2.05) is 0 Å². The Morgan fingerprint density at radius 1 is 1.41 bits per heavy atom. The van der Waals surface area contributed by atoms with Crippen molar-refractivity contribution in [2.24, 2.45) is 0 Å². The van der Waals surface area contributed by atoms with Crippen LogP contribution in [0.15, 0.2) is 0 Å². The molecule has 0 aliphatic heterocycles. The second kappa shape index (κ2) is 6.07. The van der Waals surface area contributed by atoms with Crippen molar-refractivity contribution in [3.63, 3.8) is 0 Å². The summed E-state index contributed by atoms with van der Waals surface area (Å²) in [5.74, 6) is -1.67. The summed E-state index contributed by atoms with van der Waals surface area (Å²) in [7, 11) is 1.23. The lowest BCUT2D eigenvalue weighted by atomic mass is 10.1. The number of esters is 1. The highest BCUT2D eigenvalue weighted by atomic mass is 16.5. The Balaban J connectivity index is 2.33. The van der Waals surface area contributed by atoms with Gasteiger partial charge in [-0.25, -0.2) is 9.59 Å². The molecule has 0 aromatic rings. The molecular formula is C10H16N2O5. The van der Waals surface area contributed by atoms with E-state index in [1.54, 1.807) is 0 Å². The van der Waals surface area contributed by atoms with E-state index >= 15 is 0 Å². The topological polar surface area (TPSA) is 105 Å². The smallest absolute Gasteiger partial charge is 0.326 e. The van der Waals surface area contributed by atoms with Gasteiger partial charge in [-0.1, -0.05) is 0 Å². The van der Waals surface area contributed by atoms with Crippen molar-refractivity contribution >= 4 is 18.0 Å². The third-order valence-electron chi connectivity index (χ3n) is 2.38. The van der Waals surface area contributed by atoms with E-state index in [-0.39, 0.29) is 18.9 Å². The molecule has 2 amide bonds. The summed E-state index contributed by atoms with van der Waals surface area (Å²) >= 11 is 0. The molecule has 1 aliphatic rings. The van der Waals surface area contributed by atoms with Crippen LogP contribution in [0.4, 0.5) is 4.79 Å². The number of carbonyl (C=O) groups excluding carboxylic acids is 2. The first-order valence-corrected chi connectivity index (χ1v) is 5.39. The molecule has 0 heterocycles. The number of carbonyl (C=O) groups is 3. The third-order valence-corrected chi connectivity index (χ3v) is 2.38. The third kappa shape index (κ3) is 5.19. The van der Waals surface area contributed by atoms with Crippen molar-refractivity contribution in [1.82, 2.24) is 10.6 Å². The number of carboxylic acid groups (broad SMARTS) is 1. The maximum atomic E-state index is 11.3. The summed E-state index contributed by atoms with van der Waals surface area (Å²) in [6.45, 7) is 0. The Morgan fingerprint density at radius 2 is 2.06 bits per heavy atom. The predicted octanol–water partition coefficient (Wildman–Crippen LogP) is -0.146. The lowest BCUT2D eigenvalue weighted by molar-refractivity contribution is -0.142. The molecule has 0 aromatic carbocycles. The van der Waals surface area contributed by atoms with Gasteiger partial charge >= 0.3 is 18.0 Å². The van der Waals surface area contributed by atoms with Gasteiger partial charge in [-0.05, 0) is 19.3 Å². The Morgan fingerprint density at radius 3 is 2.53 bits per heavy atom. The number of urea groups is 1. The molecule has 0 unspecified atom stereocenters. The quantitative estimate of drug-likeness (QED) is 0.564. The highest BCUT2D eigenvalue weighted by Gasteiger charge is 2.26. The summed E-state index contributed by atoms with van der Waals surface area (Å²) < 4.78 is 4.40. The summed E-state index contributed by atoms with van der Waals surface area (Å²) in [6.07, 6.45) is 1.82. The number of carboxylic acids is 1. The summed E-state index contributed by atoms with van der Waals surface area (Å²) in [4.78, 5) is 33.0. The minimum Gasteiger partial charge on any atom is -0.480 e. The number of rotatable bonds is 6. The lowest BCUT2D eigenvalue weighted by Gasteiger charge is -2.14. The first-order valence-electron chi connectivity index (χ1n) is 5.39. The molecule has 0 spiro atoms. The van der Waals surface area contributed by atoms with Crippen LogP contribution in [-0.2, 0) is 14.3 Å². The minimum atomic E-state index is -1.17. The van der Waals surface area contributed by atoms with E-state index in [1.165, 1.54) is 7.11 Å². The molecular weight excluding hydrogens is 228 g/mol. The number of hydrogen-bond acceptors (Lipinski definition) is 4. The first kappa shape index (κ1) is 13.3. The average Bonchev–Trinajstić information content (AvgIpc) is 3.06. The highest BCUT2D eigenvalue weighted by molar-refractivity contribution is 5.83. The molecule has 96 valence electrons. The van der Waals surface area contributed by atoms with Crippen LogP contribution in [0.2, 0.25) is 0 Å². The fourth-order valence-corrected chi connectivity index (χ4v) is 1.23. The van der Waals surface area contributed by atoms with Crippen LogP contribution < -0.4 is 10.6 Å². The fourth-order valence-electron chi connectivity index (χ4n) is 1.23. The maximum absolute atomic E-state index is 11.3. The van der Waals surface area contributed by atoms with Gasteiger partial charge in [0.2, 0.25) is 0 Å². The first-order chi connectivity index (χ1) is 8.02. The van der Waals surface area contributed by atoms with Crippen LogP contribution in [-0.4, -0.2) is 42.3 Å². The molecule has 0 radical (unpaired) electrons. The monoisotopic (exact) mass is 244 g/mol. The van der Waals surface area contributed by atoms with Crippen LogP contribution in [0.1, 0.15) is 25.7 Å². The van der Waals surface area contributed by atoms with Gasteiger partial charge in [0.15, 0.2) is 0 Å². The Hall–Kier alpha value is -1.79. The molecule has 1 atom stereocenters. The van der Waals surface area contributed by atoms with Gasteiger partial charge in [-0.15, -0.1) is 0 Å². The largest absolute Gasteiger partial charge is 0.480 e. The molecule has 7 heteroatoms. The van der Waals surface area contributed by atoms with Gasteiger partial charge in [0.1, 0.15) is 6.04 Å². The summed E-state index contributed by atoms with van der Waals surface area (Å²) in [5.41, 5.74) is 0. The zero-order chi connectivity index (χ0) is 12.8. The predicted molar refractivity (Wildman–Crippen MR) is 57.4 cm³/mol. The van der Waals surface area contributed by atoms with Gasteiger partial charge in [-0.3, -0.25) is 4.79 Å². The van der Waals surface area contributed by atoms with Crippen molar-refractivity contribution in [3.05, 3.63) is 0 Å². The number of ether oxygens (including phenoxy) is 1. The number of nitrogens with one attached hydrogen (secondary N) is 2. The highest BCUT2D eigenvalue weighted by Crippen LogP contribution is 2.18. The van der Waals surface area contributed by atoms with Gasteiger partial charge in [-0.2, -0.15) is 0 Å². The number of aliphatic carboxylic acids is 1. The van der Waals surface area contributed by atoms with Crippen LogP contribution in [0.25, 0.3) is 0 Å². The molecule has 1 aliphatic carbocycles. The van der Waals surface area contributed by atoms with E-state index in [9.17, 15) is 14.4 Å². The Bertz CT molecular complexity index is 314. The van der Waals surface area contributed by atoms with Gasteiger partial charge < -0.3 is 20.5 Å². The van der Waals surface area contributed by atoms with E-state index in [4.69, 9.17) is 5.11 Å². The minimum absolute atomic E-state index is 0.0140. The van der Waals surface area contributed by atoms with Gasteiger partial charge in [0, 0.05) is 12.5 Å². The van der Waals surface area contributed by atoms with E-state index < -0.39 is 24.0 Å². The van der Waals surface area contributed by atoms with Crippen molar-refractivity contribution in [2.45, 2.75) is 37.8 Å². The average molecular weight is 244 g/mol. The van der Waals surface area contributed by atoms with E-state index in [0.29, 0.717) is 0 Å². The van der Waals surface area contributed by atoms with Crippen molar-refractivity contribution in [2.75, 3.05) is 7.11 Å². The molecule has 1 saturated carbocycles. The fraction of sp³-hybridized carbons (Fsp3) is 0.700. The molecule has 7 nitrogen and oxygen atoms in total. The summed E-state index contributed by atoms with van der Waals surface area (Å²) in [6, 6.07) is -1.43. The second-order valence-electron chi connectivity index (χ2n) is 3.90. The molecule has 0 saturated heterocycles. The van der Waals surface area contributed by atoms with Crippen LogP contribution in [0.5, 0.6) is 0 Å².